The molecule has 2 aromatic rings. The van der Waals surface area contributed by atoms with Crippen LogP contribution in [0.1, 0.15) is 10.4 Å². The third-order valence-corrected chi connectivity index (χ3v) is 4.95. The first-order valence-corrected chi connectivity index (χ1v) is 9.87. The highest BCUT2D eigenvalue weighted by molar-refractivity contribution is 6.39. The standard InChI is InChI=1S/C22H26N4O4/c1-30-19-9-7-17(8-10-19)22(29)26-15-13-25(14-16-26)12-11-23-20(27)21(28)24-18-5-3-2-4-6-18/h2-10H,11-16H2,1H3,(H,23,27)(H,24,28). The van der Waals surface area contributed by atoms with E-state index in [9.17, 15) is 14.4 Å². The molecule has 0 aromatic heterocycles. The number of anilines is 1. The predicted molar refractivity (Wildman–Crippen MR) is 113 cm³/mol. The third kappa shape index (κ3) is 5.81. The lowest BCUT2D eigenvalue weighted by Gasteiger charge is -2.34. The zero-order valence-electron chi connectivity index (χ0n) is 17.0. The maximum Gasteiger partial charge on any atom is 0.313 e. The molecule has 3 amide bonds. The minimum Gasteiger partial charge on any atom is -0.497 e. The summed E-state index contributed by atoms with van der Waals surface area (Å²) in [5, 5.41) is 5.19. The number of benzene rings is 2. The van der Waals surface area contributed by atoms with Crippen molar-refractivity contribution in [3.05, 3.63) is 60.2 Å². The van der Waals surface area contributed by atoms with Crippen molar-refractivity contribution >= 4 is 23.4 Å². The van der Waals surface area contributed by atoms with E-state index in [1.54, 1.807) is 55.6 Å². The number of hydrogen-bond acceptors (Lipinski definition) is 5. The Morgan fingerprint density at radius 1 is 0.900 bits per heavy atom. The Bertz CT molecular complexity index is 862. The van der Waals surface area contributed by atoms with Gasteiger partial charge in [-0.1, -0.05) is 18.2 Å². The number of rotatable bonds is 6. The molecule has 30 heavy (non-hydrogen) atoms. The second kappa shape index (κ2) is 10.4. The van der Waals surface area contributed by atoms with Gasteiger partial charge in [0.25, 0.3) is 5.91 Å². The molecule has 2 aromatic carbocycles. The molecule has 158 valence electrons. The third-order valence-electron chi connectivity index (χ3n) is 4.95. The van der Waals surface area contributed by atoms with Crippen LogP contribution in [0.25, 0.3) is 0 Å². The van der Waals surface area contributed by atoms with Crippen LogP contribution in [-0.4, -0.2) is 73.9 Å². The summed E-state index contributed by atoms with van der Waals surface area (Å²) in [6.45, 7) is 3.66. The topological polar surface area (TPSA) is 91.0 Å². The molecule has 0 atom stereocenters. The second-order valence-electron chi connectivity index (χ2n) is 6.94. The monoisotopic (exact) mass is 410 g/mol. The molecule has 1 aliphatic rings. The fraction of sp³-hybridized carbons (Fsp3) is 0.318. The number of carbonyl (C=O) groups is 3. The zero-order valence-corrected chi connectivity index (χ0v) is 17.0. The van der Waals surface area contributed by atoms with Gasteiger partial charge in [0.1, 0.15) is 5.75 Å². The molecule has 0 bridgehead atoms. The van der Waals surface area contributed by atoms with Crippen LogP contribution >= 0.6 is 0 Å². The molecule has 0 radical (unpaired) electrons. The van der Waals surface area contributed by atoms with Gasteiger partial charge >= 0.3 is 11.8 Å². The lowest BCUT2D eigenvalue weighted by molar-refractivity contribution is -0.136. The van der Waals surface area contributed by atoms with E-state index in [1.165, 1.54) is 0 Å². The van der Waals surface area contributed by atoms with Crippen LogP contribution < -0.4 is 15.4 Å². The van der Waals surface area contributed by atoms with E-state index in [4.69, 9.17) is 4.74 Å². The normalized spacial score (nSPS) is 14.1. The molecule has 1 saturated heterocycles. The van der Waals surface area contributed by atoms with Crippen LogP contribution in [0.4, 0.5) is 5.69 Å². The average Bonchev–Trinajstić information content (AvgIpc) is 2.79. The van der Waals surface area contributed by atoms with Crippen molar-refractivity contribution in [3.63, 3.8) is 0 Å². The Morgan fingerprint density at radius 3 is 2.20 bits per heavy atom. The number of nitrogens with one attached hydrogen (secondary N) is 2. The number of carbonyl (C=O) groups excluding carboxylic acids is 3. The van der Waals surface area contributed by atoms with Crippen molar-refractivity contribution in [3.8, 4) is 5.75 Å². The number of methoxy groups -OCH3 is 1. The quantitative estimate of drug-likeness (QED) is 0.699. The molecule has 8 heteroatoms. The van der Waals surface area contributed by atoms with Crippen molar-refractivity contribution in [2.75, 3.05) is 51.7 Å². The maximum atomic E-state index is 12.6. The SMILES string of the molecule is COc1ccc(C(=O)N2CCN(CCNC(=O)C(=O)Nc3ccccc3)CC2)cc1. The van der Waals surface area contributed by atoms with Crippen LogP contribution in [0.15, 0.2) is 54.6 Å². The summed E-state index contributed by atoms with van der Waals surface area (Å²) in [6.07, 6.45) is 0. The molecule has 2 N–H and O–H groups in total. The van der Waals surface area contributed by atoms with E-state index < -0.39 is 11.8 Å². The Labute approximate surface area is 175 Å². The van der Waals surface area contributed by atoms with Gasteiger partial charge in [0.2, 0.25) is 0 Å². The Balaban J connectivity index is 1.36. The van der Waals surface area contributed by atoms with Crippen molar-refractivity contribution in [2.24, 2.45) is 0 Å². The maximum absolute atomic E-state index is 12.6. The van der Waals surface area contributed by atoms with Crippen molar-refractivity contribution < 1.29 is 19.1 Å². The summed E-state index contributed by atoms with van der Waals surface area (Å²) in [4.78, 5) is 40.4. The molecule has 0 saturated carbocycles. The molecule has 1 aliphatic heterocycles. The van der Waals surface area contributed by atoms with Crippen LogP contribution in [0, 0.1) is 0 Å². The van der Waals surface area contributed by atoms with Crippen molar-refractivity contribution in [1.82, 2.24) is 15.1 Å². The van der Waals surface area contributed by atoms with E-state index in [-0.39, 0.29) is 5.91 Å². The molecule has 0 aliphatic carbocycles. The van der Waals surface area contributed by atoms with Gasteiger partial charge in [-0.2, -0.15) is 0 Å². The first-order valence-electron chi connectivity index (χ1n) is 9.87. The minimum atomic E-state index is -0.684. The van der Waals surface area contributed by atoms with Gasteiger partial charge in [-0.3, -0.25) is 19.3 Å². The number of hydrogen-bond donors (Lipinski definition) is 2. The van der Waals surface area contributed by atoms with Gasteiger partial charge in [0, 0.05) is 50.5 Å². The summed E-state index contributed by atoms with van der Waals surface area (Å²) in [7, 11) is 1.59. The number of amides is 3. The Hall–Kier alpha value is -3.39. The van der Waals surface area contributed by atoms with Gasteiger partial charge in [-0.25, -0.2) is 0 Å². The van der Waals surface area contributed by atoms with Crippen molar-refractivity contribution in [1.29, 1.82) is 0 Å². The van der Waals surface area contributed by atoms with E-state index >= 15 is 0 Å². The second-order valence-corrected chi connectivity index (χ2v) is 6.94. The summed E-state index contributed by atoms with van der Waals surface area (Å²) in [5.41, 5.74) is 1.22. The smallest absolute Gasteiger partial charge is 0.313 e. The zero-order chi connectivity index (χ0) is 21.3. The van der Waals surface area contributed by atoms with Gasteiger partial charge in [0.15, 0.2) is 0 Å². The highest BCUT2D eigenvalue weighted by atomic mass is 16.5. The fourth-order valence-corrected chi connectivity index (χ4v) is 3.21. The first kappa shape index (κ1) is 21.3. The molecule has 1 fully saturated rings. The molecule has 0 unspecified atom stereocenters. The summed E-state index contributed by atoms with van der Waals surface area (Å²) < 4.78 is 5.12. The highest BCUT2D eigenvalue weighted by Gasteiger charge is 2.22. The van der Waals surface area contributed by atoms with Gasteiger partial charge in [-0.15, -0.1) is 0 Å². The highest BCUT2D eigenvalue weighted by Crippen LogP contribution is 2.14. The van der Waals surface area contributed by atoms with Crippen LogP contribution in [0.2, 0.25) is 0 Å². The van der Waals surface area contributed by atoms with Crippen LogP contribution in [0.5, 0.6) is 5.75 Å². The molecule has 0 spiro atoms. The number of para-hydroxylation sites is 1. The lowest BCUT2D eigenvalue weighted by atomic mass is 10.1. The molecule has 3 rings (SSSR count). The average molecular weight is 410 g/mol. The molecule has 8 nitrogen and oxygen atoms in total. The Kier molecular flexibility index (Phi) is 7.40. The Morgan fingerprint density at radius 2 is 1.57 bits per heavy atom. The summed E-state index contributed by atoms with van der Waals surface area (Å²) in [6, 6.07) is 15.9. The van der Waals surface area contributed by atoms with Gasteiger partial charge < -0.3 is 20.3 Å². The molecular formula is C22H26N4O4. The number of ether oxygens (including phenoxy) is 1. The predicted octanol–water partition coefficient (Wildman–Crippen LogP) is 1.21. The van der Waals surface area contributed by atoms with E-state index in [2.05, 4.69) is 15.5 Å². The summed E-state index contributed by atoms with van der Waals surface area (Å²) in [5.74, 6) is -0.623. The van der Waals surface area contributed by atoms with Crippen LogP contribution in [-0.2, 0) is 9.59 Å². The van der Waals surface area contributed by atoms with Gasteiger partial charge in [-0.05, 0) is 36.4 Å². The molecular weight excluding hydrogens is 384 g/mol. The van der Waals surface area contributed by atoms with E-state index in [0.717, 1.165) is 5.75 Å². The minimum absolute atomic E-state index is 0.00295. The van der Waals surface area contributed by atoms with E-state index in [0.29, 0.717) is 50.5 Å². The van der Waals surface area contributed by atoms with Crippen molar-refractivity contribution in [2.45, 2.75) is 0 Å². The first-order chi connectivity index (χ1) is 14.6. The largest absolute Gasteiger partial charge is 0.497 e. The van der Waals surface area contributed by atoms with Gasteiger partial charge in [0.05, 0.1) is 7.11 Å². The van der Waals surface area contributed by atoms with Crippen LogP contribution in [0.3, 0.4) is 0 Å². The number of piperazine rings is 1. The molecule has 1 heterocycles. The lowest BCUT2D eigenvalue weighted by Crippen LogP contribution is -2.50. The fourth-order valence-electron chi connectivity index (χ4n) is 3.21. The van der Waals surface area contributed by atoms with E-state index in [1.807, 2.05) is 11.0 Å². The summed E-state index contributed by atoms with van der Waals surface area (Å²) >= 11 is 0. The number of nitrogens with zero attached hydrogens (tertiary/aromatic N) is 2.